The second-order valence-electron chi connectivity index (χ2n) is 8.81. The van der Waals surface area contributed by atoms with E-state index in [1.54, 1.807) is 24.3 Å². The average molecular weight is 593 g/mol. The number of carbonyl (C=O) groups is 3. The van der Waals surface area contributed by atoms with E-state index in [0.717, 1.165) is 6.92 Å². The van der Waals surface area contributed by atoms with E-state index in [1.807, 2.05) is 0 Å². The number of aliphatic hydroxyl groups excluding tert-OH is 3. The number of amides is 2. The Morgan fingerprint density at radius 3 is 2.21 bits per heavy atom. The molecule has 206 valence electrons. The monoisotopic (exact) mass is 592 g/mol. The van der Waals surface area contributed by atoms with Crippen LogP contribution in [0.5, 0.6) is 0 Å². The van der Waals surface area contributed by atoms with Crippen LogP contribution in [0.2, 0.25) is 10.0 Å². The summed E-state index contributed by atoms with van der Waals surface area (Å²) in [6, 6.07) is 10.9. The zero-order valence-corrected chi connectivity index (χ0v) is 24.7. The van der Waals surface area contributed by atoms with Crippen LogP contribution < -0.4 is 45.3 Å². The third-order valence-electron chi connectivity index (χ3n) is 5.95. The molecule has 2 aromatic rings. The standard InChI is InChI=1S/C25H28Cl2N2O9.Na/c1-13(30)29-20-18(31)10-25(24(35)36,37-12-14-2-6-16(26)7-3-14)38-22(20)21(33)19(32)11-28-23(34)15-4-8-17(27)9-5-15;/h2-9,18-22,31-33H,10-12H2,1H3,(H,28,34)(H,29,30)(H,35,36);/q;+1/p-1/t18-,19+,20+,21-,22+,25+;/m0./s1. The molecular formula is C25H27Cl2N2NaO9. The number of hydrogen-bond donors (Lipinski definition) is 5. The largest absolute Gasteiger partial charge is 1.00 e. The van der Waals surface area contributed by atoms with Crippen LogP contribution in [0.15, 0.2) is 48.5 Å². The summed E-state index contributed by atoms with van der Waals surface area (Å²) in [5.41, 5.74) is 0.766. The summed E-state index contributed by atoms with van der Waals surface area (Å²) in [5.74, 6) is -5.56. The minimum atomic E-state index is -2.54. The summed E-state index contributed by atoms with van der Waals surface area (Å²) < 4.78 is 11.2. The number of carboxylic acids is 1. The van der Waals surface area contributed by atoms with Gasteiger partial charge in [0.25, 0.3) is 5.91 Å². The van der Waals surface area contributed by atoms with Crippen LogP contribution in [0.25, 0.3) is 0 Å². The van der Waals surface area contributed by atoms with Crippen molar-refractivity contribution in [1.29, 1.82) is 0 Å². The third kappa shape index (κ3) is 8.86. The van der Waals surface area contributed by atoms with Gasteiger partial charge in [-0.15, -0.1) is 0 Å². The van der Waals surface area contributed by atoms with Crippen molar-refractivity contribution in [2.45, 2.75) is 56.2 Å². The fraction of sp³-hybridized carbons (Fsp3) is 0.400. The number of carboxylic acid groups (broad SMARTS) is 1. The molecule has 1 heterocycles. The van der Waals surface area contributed by atoms with Crippen molar-refractivity contribution >= 4 is 41.0 Å². The SMILES string of the molecule is CC(=O)N[C@H]1[C@H]([C@@H](O)[C@H](O)CNC(=O)c2ccc(Cl)cc2)O[C@@](OCc2ccc(Cl)cc2)(C(=O)[O-])C[C@@H]1O.[Na+]. The molecule has 2 amide bonds. The summed E-state index contributed by atoms with van der Waals surface area (Å²) in [4.78, 5) is 36.3. The number of nitrogens with one attached hydrogen (secondary N) is 2. The summed E-state index contributed by atoms with van der Waals surface area (Å²) in [6.45, 7) is 0.386. The summed E-state index contributed by atoms with van der Waals surface area (Å²) in [6.07, 6.45) is -7.49. The quantitative estimate of drug-likeness (QED) is 0.177. The van der Waals surface area contributed by atoms with E-state index in [4.69, 9.17) is 32.7 Å². The van der Waals surface area contributed by atoms with Crippen LogP contribution >= 0.6 is 23.2 Å². The molecular weight excluding hydrogens is 566 g/mol. The van der Waals surface area contributed by atoms with E-state index in [1.165, 1.54) is 24.3 Å². The fourth-order valence-corrected chi connectivity index (χ4v) is 4.21. The van der Waals surface area contributed by atoms with Gasteiger partial charge < -0.3 is 45.3 Å². The van der Waals surface area contributed by atoms with Crippen molar-refractivity contribution < 1.29 is 73.8 Å². The first-order valence-electron chi connectivity index (χ1n) is 11.5. The maximum absolute atomic E-state index is 12.4. The molecule has 5 N–H and O–H groups in total. The zero-order valence-electron chi connectivity index (χ0n) is 21.2. The van der Waals surface area contributed by atoms with Gasteiger partial charge in [0.1, 0.15) is 18.2 Å². The van der Waals surface area contributed by atoms with Crippen LogP contribution in [0, 0.1) is 0 Å². The van der Waals surface area contributed by atoms with Crippen molar-refractivity contribution in [3.05, 3.63) is 69.7 Å². The first-order chi connectivity index (χ1) is 17.9. The Morgan fingerprint density at radius 2 is 1.67 bits per heavy atom. The van der Waals surface area contributed by atoms with E-state index < -0.39 is 67.0 Å². The van der Waals surface area contributed by atoms with Gasteiger partial charge in [0.15, 0.2) is 0 Å². The molecule has 0 radical (unpaired) electrons. The first kappa shape index (κ1) is 33.4. The predicted octanol–water partition coefficient (Wildman–Crippen LogP) is -3.23. The van der Waals surface area contributed by atoms with Gasteiger partial charge >= 0.3 is 29.6 Å². The van der Waals surface area contributed by atoms with Gasteiger partial charge in [-0.1, -0.05) is 35.3 Å². The topological polar surface area (TPSA) is 177 Å². The van der Waals surface area contributed by atoms with Crippen molar-refractivity contribution in [2.24, 2.45) is 0 Å². The molecule has 0 saturated carbocycles. The molecule has 0 unspecified atom stereocenters. The minimum Gasteiger partial charge on any atom is -0.544 e. The van der Waals surface area contributed by atoms with E-state index in [2.05, 4.69) is 10.6 Å². The molecule has 0 aromatic heterocycles. The minimum absolute atomic E-state index is 0. The molecule has 1 aliphatic rings. The van der Waals surface area contributed by atoms with Crippen LogP contribution in [0.4, 0.5) is 0 Å². The average Bonchev–Trinajstić information content (AvgIpc) is 2.87. The first-order valence-corrected chi connectivity index (χ1v) is 12.3. The Hall–Kier alpha value is -1.77. The fourth-order valence-electron chi connectivity index (χ4n) is 3.96. The maximum Gasteiger partial charge on any atom is 1.00 e. The van der Waals surface area contributed by atoms with Gasteiger partial charge in [-0.25, -0.2) is 0 Å². The molecule has 1 aliphatic heterocycles. The second-order valence-corrected chi connectivity index (χ2v) is 9.68. The van der Waals surface area contributed by atoms with E-state index in [0.29, 0.717) is 15.6 Å². The van der Waals surface area contributed by atoms with Crippen LogP contribution in [-0.4, -0.2) is 75.9 Å². The van der Waals surface area contributed by atoms with E-state index in [-0.39, 0.29) is 41.7 Å². The van der Waals surface area contributed by atoms with Gasteiger partial charge in [-0.05, 0) is 42.0 Å². The molecule has 3 rings (SSSR count). The molecule has 11 nitrogen and oxygen atoms in total. The number of aliphatic carboxylic acids is 1. The van der Waals surface area contributed by atoms with Gasteiger partial charge in [-0.3, -0.25) is 9.59 Å². The predicted molar refractivity (Wildman–Crippen MR) is 133 cm³/mol. The molecule has 1 fully saturated rings. The number of aliphatic hydroxyl groups is 3. The Morgan fingerprint density at radius 1 is 1.10 bits per heavy atom. The number of rotatable bonds is 10. The third-order valence-corrected chi connectivity index (χ3v) is 6.45. The van der Waals surface area contributed by atoms with Crippen LogP contribution in [-0.2, 0) is 25.7 Å². The van der Waals surface area contributed by atoms with Gasteiger partial charge in [0.2, 0.25) is 11.7 Å². The van der Waals surface area contributed by atoms with Crippen molar-refractivity contribution in [3.8, 4) is 0 Å². The maximum atomic E-state index is 12.4. The number of hydrogen-bond acceptors (Lipinski definition) is 9. The molecule has 1 saturated heterocycles. The summed E-state index contributed by atoms with van der Waals surface area (Å²) in [5, 5.41) is 50.2. The normalized spacial score (nSPS) is 24.1. The molecule has 14 heteroatoms. The van der Waals surface area contributed by atoms with Crippen molar-refractivity contribution in [1.82, 2.24) is 10.6 Å². The summed E-state index contributed by atoms with van der Waals surface area (Å²) in [7, 11) is 0. The van der Waals surface area contributed by atoms with E-state index >= 15 is 0 Å². The Labute approximate surface area is 256 Å². The molecule has 2 aromatic carbocycles. The molecule has 0 bridgehead atoms. The molecule has 0 spiro atoms. The number of halogens is 2. The van der Waals surface area contributed by atoms with Gasteiger partial charge in [-0.2, -0.15) is 0 Å². The Bertz CT molecular complexity index is 1140. The number of benzene rings is 2. The Balaban J connectivity index is 0.00000533. The van der Waals surface area contributed by atoms with Crippen molar-refractivity contribution in [3.63, 3.8) is 0 Å². The number of ether oxygens (including phenoxy) is 2. The zero-order chi connectivity index (χ0) is 28.0. The van der Waals surface area contributed by atoms with Crippen LogP contribution in [0.3, 0.4) is 0 Å². The van der Waals surface area contributed by atoms with Crippen LogP contribution in [0.1, 0.15) is 29.3 Å². The molecule has 39 heavy (non-hydrogen) atoms. The molecule has 6 atom stereocenters. The molecule has 0 aliphatic carbocycles. The Kier molecular flexibility index (Phi) is 12.6. The van der Waals surface area contributed by atoms with Gasteiger partial charge in [0, 0.05) is 35.5 Å². The second kappa shape index (κ2) is 14.7. The smallest absolute Gasteiger partial charge is 0.544 e. The number of carbonyl (C=O) groups excluding carboxylic acids is 3. The van der Waals surface area contributed by atoms with Gasteiger partial charge in [0.05, 0.1) is 24.9 Å². The summed E-state index contributed by atoms with van der Waals surface area (Å²) >= 11 is 11.7. The van der Waals surface area contributed by atoms with Crippen molar-refractivity contribution in [2.75, 3.05) is 6.54 Å². The van der Waals surface area contributed by atoms with E-state index in [9.17, 15) is 34.8 Å².